The van der Waals surface area contributed by atoms with Gasteiger partial charge in [-0.15, -0.1) is 0 Å². The molecule has 0 radical (unpaired) electrons. The summed E-state index contributed by atoms with van der Waals surface area (Å²) < 4.78 is 58.7. The number of hydrogen-bond donors (Lipinski definition) is 1. The van der Waals surface area contributed by atoms with Crippen LogP contribution in [0.1, 0.15) is 71.5 Å². The Morgan fingerprint density at radius 3 is 2.47 bits per heavy atom. The minimum Gasteiger partial charge on any atom is -0.376 e. The van der Waals surface area contributed by atoms with E-state index in [1.165, 1.54) is 24.3 Å². The van der Waals surface area contributed by atoms with Crippen molar-refractivity contribution in [1.29, 1.82) is 0 Å². The Morgan fingerprint density at radius 2 is 1.84 bits per heavy atom. The van der Waals surface area contributed by atoms with Crippen molar-refractivity contribution in [3.8, 4) is 0 Å². The van der Waals surface area contributed by atoms with E-state index in [0.717, 1.165) is 81.1 Å². The van der Waals surface area contributed by atoms with Gasteiger partial charge in [0.25, 0.3) is 5.91 Å². The quantitative estimate of drug-likeness (QED) is 0.440. The van der Waals surface area contributed by atoms with Crippen molar-refractivity contribution in [2.24, 2.45) is 11.3 Å². The largest absolute Gasteiger partial charge is 0.376 e. The minimum absolute atomic E-state index is 0.251. The summed E-state index contributed by atoms with van der Waals surface area (Å²) in [6, 6.07) is 7.38. The molecule has 2 aromatic rings. The minimum atomic E-state index is -3.78. The predicted octanol–water partition coefficient (Wildman–Crippen LogP) is 5.39. The van der Waals surface area contributed by atoms with Crippen molar-refractivity contribution in [1.82, 2.24) is 9.62 Å². The van der Waals surface area contributed by atoms with Gasteiger partial charge in [-0.05, 0) is 110 Å². The molecule has 2 aromatic carbocycles. The average Bonchev–Trinajstić information content (AvgIpc) is 3.65. The van der Waals surface area contributed by atoms with Crippen LogP contribution in [0.15, 0.2) is 30.3 Å². The first-order chi connectivity index (χ1) is 18.0. The number of piperidine rings is 1. The SMILES string of the molecule is CS(=O)(=O)NC(=O)c1cc(C2CC2)c(COCC2CC3(CCN(Cc4ccc(F)cc4Cl)CC3)C2)cc1F. The van der Waals surface area contributed by atoms with Crippen molar-refractivity contribution in [3.63, 3.8) is 0 Å². The van der Waals surface area contributed by atoms with E-state index in [1.807, 2.05) is 4.72 Å². The fraction of sp³-hybridized carbons (Fsp3) is 0.536. The van der Waals surface area contributed by atoms with Crippen molar-refractivity contribution in [2.75, 3.05) is 26.0 Å². The maximum absolute atomic E-state index is 14.7. The number of benzene rings is 2. The zero-order valence-electron chi connectivity index (χ0n) is 21.4. The second kappa shape index (κ2) is 10.8. The highest BCUT2D eigenvalue weighted by molar-refractivity contribution is 7.89. The van der Waals surface area contributed by atoms with Gasteiger partial charge in [-0.1, -0.05) is 17.7 Å². The van der Waals surface area contributed by atoms with E-state index in [9.17, 15) is 22.0 Å². The first-order valence-corrected chi connectivity index (χ1v) is 15.4. The number of sulfonamides is 1. The van der Waals surface area contributed by atoms with E-state index in [4.69, 9.17) is 16.3 Å². The number of carbonyl (C=O) groups is 1. The number of carbonyl (C=O) groups excluding carboxylic acids is 1. The highest BCUT2D eigenvalue weighted by atomic mass is 35.5. The number of halogens is 3. The molecule has 2 saturated carbocycles. The summed E-state index contributed by atoms with van der Waals surface area (Å²) in [7, 11) is -3.78. The van der Waals surface area contributed by atoms with Gasteiger partial charge >= 0.3 is 0 Å². The molecule has 0 aromatic heterocycles. The highest BCUT2D eigenvalue weighted by Gasteiger charge is 2.45. The molecular weight excluding hydrogens is 534 g/mol. The van der Waals surface area contributed by atoms with Crippen molar-refractivity contribution >= 4 is 27.5 Å². The summed E-state index contributed by atoms with van der Waals surface area (Å²) in [5.74, 6) is -1.29. The summed E-state index contributed by atoms with van der Waals surface area (Å²) in [6.07, 6.45) is 7.26. The van der Waals surface area contributed by atoms with Gasteiger partial charge in [0.15, 0.2) is 0 Å². The topological polar surface area (TPSA) is 75.7 Å². The molecule has 3 aliphatic rings. The molecular formula is C28H33ClF2N2O4S. The molecule has 10 heteroatoms. The molecule has 0 atom stereocenters. The molecule has 5 rings (SSSR count). The third-order valence-electron chi connectivity index (χ3n) is 8.15. The van der Waals surface area contributed by atoms with Gasteiger partial charge in [0.05, 0.1) is 18.4 Å². The fourth-order valence-corrected chi connectivity index (χ4v) is 6.70. The molecule has 0 unspecified atom stereocenters. The first-order valence-electron chi connectivity index (χ1n) is 13.1. The van der Waals surface area contributed by atoms with Crippen LogP contribution in [0.2, 0.25) is 5.02 Å². The molecule has 3 fully saturated rings. The molecule has 6 nitrogen and oxygen atoms in total. The van der Waals surface area contributed by atoms with Gasteiger partial charge in [-0.25, -0.2) is 21.9 Å². The summed E-state index contributed by atoms with van der Waals surface area (Å²) >= 11 is 6.20. The van der Waals surface area contributed by atoms with E-state index in [0.29, 0.717) is 23.0 Å². The summed E-state index contributed by atoms with van der Waals surface area (Å²) in [6.45, 7) is 3.59. The van der Waals surface area contributed by atoms with Gasteiger partial charge in [-0.2, -0.15) is 0 Å². The van der Waals surface area contributed by atoms with E-state index in [1.54, 1.807) is 6.07 Å². The van der Waals surface area contributed by atoms with Crippen LogP contribution in [0.3, 0.4) is 0 Å². The van der Waals surface area contributed by atoms with Crippen molar-refractivity contribution in [3.05, 3.63) is 69.2 Å². The van der Waals surface area contributed by atoms with E-state index in [2.05, 4.69) is 4.90 Å². The monoisotopic (exact) mass is 566 g/mol. The second-order valence-electron chi connectivity index (χ2n) is 11.3. The lowest BCUT2D eigenvalue weighted by atomic mass is 9.58. The third kappa shape index (κ3) is 6.55. The van der Waals surface area contributed by atoms with Gasteiger partial charge in [0, 0.05) is 18.2 Å². The number of hydrogen-bond acceptors (Lipinski definition) is 5. The maximum Gasteiger partial charge on any atom is 0.267 e. The molecule has 2 aliphatic carbocycles. The number of amides is 1. The Hall–Kier alpha value is -2.07. The smallest absolute Gasteiger partial charge is 0.267 e. The first kappa shape index (κ1) is 27.5. The number of ether oxygens (including phenoxy) is 1. The summed E-state index contributed by atoms with van der Waals surface area (Å²) in [5, 5.41) is 0.475. The molecule has 0 bridgehead atoms. The van der Waals surface area contributed by atoms with Crippen LogP contribution in [0.4, 0.5) is 8.78 Å². The number of nitrogens with one attached hydrogen (secondary N) is 1. The Bertz CT molecular complexity index is 1320. The molecule has 1 amide bonds. The Labute approximate surface area is 227 Å². The van der Waals surface area contributed by atoms with Gasteiger partial charge in [0.1, 0.15) is 11.6 Å². The fourth-order valence-electron chi connectivity index (χ4n) is 6.03. The Balaban J connectivity index is 1.10. The van der Waals surface area contributed by atoms with Crippen LogP contribution in [0, 0.1) is 23.0 Å². The molecule has 1 saturated heterocycles. The van der Waals surface area contributed by atoms with Crippen LogP contribution in [0.5, 0.6) is 0 Å². The van der Waals surface area contributed by atoms with Crippen LogP contribution in [0.25, 0.3) is 0 Å². The van der Waals surface area contributed by atoms with Gasteiger partial charge in [-0.3, -0.25) is 9.69 Å². The Kier molecular flexibility index (Phi) is 7.84. The van der Waals surface area contributed by atoms with Crippen LogP contribution < -0.4 is 4.72 Å². The standard InChI is InChI=1S/C28H33ClF2N2O4S/c1-38(35,36)32-27(34)24-12-23(19-2-3-19)21(10-26(24)31)17-37-16-18-13-28(14-18)6-8-33(9-7-28)15-20-4-5-22(30)11-25(20)29/h4-5,10-12,18-19H,2-3,6-9,13-17H2,1H3,(H,32,34). The lowest BCUT2D eigenvalue weighted by Crippen LogP contribution is -2.47. The van der Waals surface area contributed by atoms with E-state index in [-0.39, 0.29) is 23.9 Å². The normalized spacial score (nSPS) is 19.9. The van der Waals surface area contributed by atoms with Gasteiger partial charge < -0.3 is 4.74 Å². The molecule has 38 heavy (non-hydrogen) atoms. The molecule has 1 heterocycles. The van der Waals surface area contributed by atoms with Crippen LogP contribution in [-0.4, -0.2) is 45.2 Å². The lowest BCUT2D eigenvalue weighted by Gasteiger charge is -2.52. The zero-order valence-corrected chi connectivity index (χ0v) is 23.0. The van der Waals surface area contributed by atoms with Crippen LogP contribution >= 0.6 is 11.6 Å². The van der Waals surface area contributed by atoms with Crippen molar-refractivity contribution in [2.45, 2.75) is 57.6 Å². The maximum atomic E-state index is 14.7. The van der Waals surface area contributed by atoms with Crippen molar-refractivity contribution < 1.29 is 26.7 Å². The number of nitrogens with zero attached hydrogens (tertiary/aromatic N) is 1. The summed E-state index contributed by atoms with van der Waals surface area (Å²) in [5.41, 5.74) is 2.65. The second-order valence-corrected chi connectivity index (χ2v) is 13.5. The highest BCUT2D eigenvalue weighted by Crippen LogP contribution is 2.53. The molecule has 1 N–H and O–H groups in total. The number of rotatable bonds is 9. The zero-order chi connectivity index (χ0) is 27.1. The molecule has 1 spiro atoms. The molecule has 1 aliphatic heterocycles. The van der Waals surface area contributed by atoms with Gasteiger partial charge in [0.2, 0.25) is 10.0 Å². The third-order valence-corrected chi connectivity index (χ3v) is 9.06. The lowest BCUT2D eigenvalue weighted by molar-refractivity contribution is -0.0540. The predicted molar refractivity (Wildman–Crippen MR) is 141 cm³/mol. The number of likely N-dealkylation sites (tertiary alicyclic amines) is 1. The van der Waals surface area contributed by atoms with E-state index >= 15 is 0 Å². The average molecular weight is 567 g/mol. The van der Waals surface area contributed by atoms with E-state index < -0.39 is 21.7 Å². The van der Waals surface area contributed by atoms with Crippen LogP contribution in [-0.2, 0) is 27.9 Å². The summed E-state index contributed by atoms with van der Waals surface area (Å²) in [4.78, 5) is 14.6. The Morgan fingerprint density at radius 1 is 1.13 bits per heavy atom. The molecule has 206 valence electrons.